The second-order valence-corrected chi connectivity index (χ2v) is 3.98. The van der Waals surface area contributed by atoms with Crippen molar-refractivity contribution in [2.24, 2.45) is 5.41 Å². The molecule has 0 saturated carbocycles. The van der Waals surface area contributed by atoms with Gasteiger partial charge in [-0.1, -0.05) is 13.8 Å². The van der Waals surface area contributed by atoms with Gasteiger partial charge in [-0.2, -0.15) is 0 Å². The van der Waals surface area contributed by atoms with E-state index in [-0.39, 0.29) is 19.6 Å². The van der Waals surface area contributed by atoms with Crippen LogP contribution in [0.5, 0.6) is 0 Å². The van der Waals surface area contributed by atoms with Gasteiger partial charge in [-0.25, -0.2) is 0 Å². The molecule has 0 aliphatic heterocycles. The van der Waals surface area contributed by atoms with Crippen LogP contribution in [-0.2, 0) is 9.59 Å². The van der Waals surface area contributed by atoms with Crippen molar-refractivity contribution in [1.29, 1.82) is 0 Å². The first-order valence-corrected chi connectivity index (χ1v) is 4.59. The minimum atomic E-state index is -1.35. The lowest BCUT2D eigenvalue weighted by Gasteiger charge is -2.26. The molecule has 0 bridgehead atoms. The maximum absolute atomic E-state index is 11.3. The molecule has 15 heavy (non-hydrogen) atoms. The van der Waals surface area contributed by atoms with Crippen LogP contribution in [-0.4, -0.2) is 46.5 Å². The Morgan fingerprint density at radius 2 is 2.07 bits per heavy atom. The van der Waals surface area contributed by atoms with E-state index in [1.165, 1.54) is 13.8 Å². The highest BCUT2D eigenvalue weighted by Gasteiger charge is 2.32. The third kappa shape index (κ3) is 4.75. The Kier molecular flexibility index (Phi) is 5.24. The molecule has 0 spiro atoms. The Hall–Kier alpha value is -1.14. The molecule has 0 fully saturated rings. The van der Waals surface area contributed by atoms with Gasteiger partial charge < -0.3 is 20.6 Å². The number of amides is 1. The molecule has 6 nitrogen and oxygen atoms in total. The lowest BCUT2D eigenvalue weighted by Crippen LogP contribution is -2.45. The van der Waals surface area contributed by atoms with Crippen molar-refractivity contribution in [1.82, 2.24) is 5.32 Å². The number of nitrogens with one attached hydrogen (secondary N) is 1. The van der Waals surface area contributed by atoms with Gasteiger partial charge in [0.15, 0.2) is 0 Å². The topological polar surface area (TPSA) is 107 Å². The Morgan fingerprint density at radius 3 is 2.47 bits per heavy atom. The van der Waals surface area contributed by atoms with Crippen LogP contribution in [0.25, 0.3) is 0 Å². The lowest BCUT2D eigenvalue weighted by atomic mass is 9.87. The number of carbonyl (C=O) groups is 2. The zero-order valence-corrected chi connectivity index (χ0v) is 8.86. The molecule has 0 radical (unpaired) electrons. The van der Waals surface area contributed by atoms with Crippen LogP contribution in [0.3, 0.4) is 0 Å². The summed E-state index contributed by atoms with van der Waals surface area (Å²) in [5, 5.41) is 29.0. The van der Waals surface area contributed by atoms with Crippen molar-refractivity contribution in [3.63, 3.8) is 0 Å². The van der Waals surface area contributed by atoms with Crippen LogP contribution in [0.15, 0.2) is 0 Å². The summed E-state index contributed by atoms with van der Waals surface area (Å²) in [7, 11) is 0. The molecule has 1 atom stereocenters. The minimum Gasteiger partial charge on any atom is -0.481 e. The molecule has 0 unspecified atom stereocenters. The zero-order chi connectivity index (χ0) is 12.1. The van der Waals surface area contributed by atoms with E-state index in [2.05, 4.69) is 5.32 Å². The smallest absolute Gasteiger partial charge is 0.305 e. The number of carboxylic acids is 1. The molecule has 0 aliphatic carbocycles. The molecule has 0 aromatic carbocycles. The standard InChI is InChI=1S/C9H17NO5/c1-9(2,5-11)7(14)8(15)10-4-3-6(12)13/h7,11,14H,3-5H2,1-2H3,(H,10,15)(H,12,13)/t7-/m1/s1/i6+2. The first-order valence-electron chi connectivity index (χ1n) is 4.59. The summed E-state index contributed by atoms with van der Waals surface area (Å²) in [6.07, 6.45) is -1.55. The molecule has 4 N–H and O–H groups in total. The van der Waals surface area contributed by atoms with Crippen LogP contribution in [0.1, 0.15) is 20.3 Å². The lowest BCUT2D eigenvalue weighted by molar-refractivity contribution is -0.138. The maximum Gasteiger partial charge on any atom is 0.305 e. The average molecular weight is 221 g/mol. The van der Waals surface area contributed by atoms with Gasteiger partial charge in [-0.15, -0.1) is 0 Å². The van der Waals surface area contributed by atoms with Gasteiger partial charge in [0.05, 0.1) is 13.0 Å². The highest BCUT2D eigenvalue weighted by atomic mass is 16.6. The molecule has 0 rings (SSSR count). The fraction of sp³-hybridized carbons (Fsp3) is 0.778. The molecule has 0 aromatic heterocycles. The van der Waals surface area contributed by atoms with E-state index in [1.807, 2.05) is 0 Å². The van der Waals surface area contributed by atoms with Crippen molar-refractivity contribution in [3.8, 4) is 0 Å². The fourth-order valence-electron chi connectivity index (χ4n) is 0.831. The highest BCUT2D eigenvalue weighted by Crippen LogP contribution is 2.19. The molecule has 0 heterocycles. The Labute approximate surface area is 87.9 Å². The number of aliphatic carboxylic acids is 1. The number of carbonyl (C=O) groups excluding carboxylic acids is 1. The minimum absolute atomic E-state index is 0.0350. The number of hydrogen-bond donors (Lipinski definition) is 4. The molecule has 1 amide bonds. The van der Waals surface area contributed by atoms with Gasteiger partial charge in [0.2, 0.25) is 5.91 Å². The third-order valence-electron chi connectivity index (χ3n) is 2.03. The van der Waals surface area contributed by atoms with E-state index in [9.17, 15) is 14.7 Å². The SMILES string of the molecule is CC(C)(CO)[C@H](O)C(=O)NCC[14C](=O)O. The van der Waals surface area contributed by atoms with E-state index in [1.54, 1.807) is 0 Å². The maximum atomic E-state index is 11.3. The summed E-state index contributed by atoms with van der Waals surface area (Å²) in [5.74, 6) is -1.69. The Balaban J connectivity index is 4.05. The number of aliphatic hydroxyl groups is 2. The summed E-state index contributed by atoms with van der Waals surface area (Å²) >= 11 is 0. The van der Waals surface area contributed by atoms with Crippen molar-refractivity contribution in [3.05, 3.63) is 0 Å². The predicted molar refractivity (Wildman–Crippen MR) is 52.1 cm³/mol. The molecule has 88 valence electrons. The summed E-state index contributed by atoms with van der Waals surface area (Å²) in [6.45, 7) is 2.70. The summed E-state index contributed by atoms with van der Waals surface area (Å²) < 4.78 is 0. The van der Waals surface area contributed by atoms with Crippen LogP contribution >= 0.6 is 0 Å². The zero-order valence-electron chi connectivity index (χ0n) is 8.86. The van der Waals surface area contributed by atoms with E-state index in [4.69, 9.17) is 10.2 Å². The highest BCUT2D eigenvalue weighted by molar-refractivity contribution is 5.81. The number of rotatable bonds is 6. The molecule has 0 saturated heterocycles. The van der Waals surface area contributed by atoms with Gasteiger partial charge in [0.25, 0.3) is 0 Å². The van der Waals surface area contributed by atoms with E-state index in [0.29, 0.717) is 0 Å². The number of hydrogen-bond acceptors (Lipinski definition) is 4. The quantitative estimate of drug-likeness (QED) is 0.458. The van der Waals surface area contributed by atoms with Crippen molar-refractivity contribution >= 4 is 11.9 Å². The first kappa shape index (κ1) is 13.9. The molecule has 6 heteroatoms. The third-order valence-corrected chi connectivity index (χ3v) is 2.03. The first-order chi connectivity index (χ1) is 6.81. The van der Waals surface area contributed by atoms with Crippen LogP contribution in [0.4, 0.5) is 0 Å². The second kappa shape index (κ2) is 5.67. The average Bonchev–Trinajstić information content (AvgIpc) is 2.15. The van der Waals surface area contributed by atoms with Gasteiger partial charge >= 0.3 is 5.97 Å². The largest absolute Gasteiger partial charge is 0.481 e. The van der Waals surface area contributed by atoms with E-state index in [0.717, 1.165) is 0 Å². The fourth-order valence-corrected chi connectivity index (χ4v) is 0.831. The van der Waals surface area contributed by atoms with Crippen LogP contribution in [0.2, 0.25) is 0 Å². The van der Waals surface area contributed by atoms with Crippen molar-refractivity contribution < 1.29 is 24.9 Å². The number of aliphatic hydroxyl groups excluding tert-OH is 2. The van der Waals surface area contributed by atoms with Crippen molar-refractivity contribution in [2.75, 3.05) is 13.2 Å². The Morgan fingerprint density at radius 1 is 1.53 bits per heavy atom. The molecule has 0 aliphatic rings. The molecular weight excluding hydrogens is 204 g/mol. The second-order valence-electron chi connectivity index (χ2n) is 3.98. The summed E-state index contributed by atoms with van der Waals surface area (Å²) in [4.78, 5) is 21.4. The van der Waals surface area contributed by atoms with E-state index >= 15 is 0 Å². The van der Waals surface area contributed by atoms with Crippen LogP contribution in [0, 0.1) is 5.41 Å². The van der Waals surface area contributed by atoms with Crippen molar-refractivity contribution in [2.45, 2.75) is 26.4 Å². The molecule has 0 aromatic rings. The Bertz CT molecular complexity index is 239. The predicted octanol–water partition coefficient (Wildman–Crippen LogP) is -1.04. The monoisotopic (exact) mass is 221 g/mol. The van der Waals surface area contributed by atoms with Gasteiger partial charge in [0, 0.05) is 12.0 Å². The number of carboxylic acid groups (broad SMARTS) is 1. The van der Waals surface area contributed by atoms with Gasteiger partial charge in [-0.05, 0) is 0 Å². The van der Waals surface area contributed by atoms with Gasteiger partial charge in [-0.3, -0.25) is 9.59 Å². The normalized spacial score (nSPS) is 13.3. The summed E-state index contributed by atoms with van der Waals surface area (Å²) in [5.41, 5.74) is -0.937. The van der Waals surface area contributed by atoms with E-state index < -0.39 is 23.4 Å². The van der Waals surface area contributed by atoms with Crippen LogP contribution < -0.4 is 5.32 Å². The summed E-state index contributed by atoms with van der Waals surface area (Å²) in [6, 6.07) is 0. The van der Waals surface area contributed by atoms with Gasteiger partial charge in [0.1, 0.15) is 6.10 Å². The molecular formula is C9H17NO5.